The Hall–Kier alpha value is -1.36. The lowest BCUT2D eigenvalue weighted by Gasteiger charge is -2.28. The number of hydrogen-bond donors (Lipinski definition) is 2. The molecule has 1 unspecified atom stereocenters. The molecule has 0 rings (SSSR count). The molecule has 1 atom stereocenters. The summed E-state index contributed by atoms with van der Waals surface area (Å²) in [6.45, 7) is 9.90. The van der Waals surface area contributed by atoms with Crippen LogP contribution in [0.4, 0.5) is 9.59 Å². The van der Waals surface area contributed by atoms with Gasteiger partial charge in [-0.2, -0.15) is 0 Å². The molecule has 0 bridgehead atoms. The zero-order valence-corrected chi connectivity index (χ0v) is 17.6. The monoisotopic (exact) mass is 394 g/mol. The first-order valence-corrected chi connectivity index (χ1v) is 11.0. The summed E-state index contributed by atoms with van der Waals surface area (Å²) in [5.74, 6) is -0.0908. The maximum absolute atomic E-state index is 11.7. The first-order chi connectivity index (χ1) is 12.4. The van der Waals surface area contributed by atoms with E-state index in [4.69, 9.17) is 22.8 Å². The maximum atomic E-state index is 11.7. The van der Waals surface area contributed by atoms with Crippen molar-refractivity contribution < 1.29 is 32.3 Å². The Labute approximate surface area is 157 Å². The zero-order valence-electron chi connectivity index (χ0n) is 16.6. The van der Waals surface area contributed by atoms with Crippen molar-refractivity contribution in [2.24, 2.45) is 5.92 Å². The molecule has 2 N–H and O–H groups in total. The van der Waals surface area contributed by atoms with Crippen molar-refractivity contribution in [3.63, 3.8) is 0 Å². The van der Waals surface area contributed by atoms with Crippen molar-refractivity contribution in [1.82, 2.24) is 10.6 Å². The summed E-state index contributed by atoms with van der Waals surface area (Å²) in [7, 11) is -1.19. The van der Waals surface area contributed by atoms with Crippen LogP contribution >= 0.6 is 0 Å². The molecule has 0 aliphatic rings. The molecule has 9 nitrogen and oxygen atoms in total. The molecular formula is C16H34N2O7Si. The molecule has 0 aromatic heterocycles. The summed E-state index contributed by atoms with van der Waals surface area (Å²) in [6.07, 6.45) is -0.350. The van der Waals surface area contributed by atoms with Gasteiger partial charge >= 0.3 is 21.0 Å². The number of nitrogens with one attached hydrogen (secondary N) is 2. The SMILES string of the molecule is CCO[Si](CCCNC(=O)OCC(C)COC(=O)NC)(OCC)OCC. The highest BCUT2D eigenvalue weighted by atomic mass is 28.4. The van der Waals surface area contributed by atoms with E-state index in [2.05, 4.69) is 10.6 Å². The Morgan fingerprint density at radius 1 is 0.923 bits per heavy atom. The van der Waals surface area contributed by atoms with Gasteiger partial charge in [-0.1, -0.05) is 6.92 Å². The molecule has 0 spiro atoms. The zero-order chi connectivity index (χ0) is 19.8. The quantitative estimate of drug-likeness (QED) is 0.343. The fourth-order valence-corrected chi connectivity index (χ4v) is 4.72. The van der Waals surface area contributed by atoms with Gasteiger partial charge in [0.2, 0.25) is 0 Å². The molecule has 10 heteroatoms. The lowest BCUT2D eigenvalue weighted by Crippen LogP contribution is -2.46. The second-order valence-corrected chi connectivity index (χ2v) is 8.30. The molecule has 0 saturated heterocycles. The molecular weight excluding hydrogens is 360 g/mol. The van der Waals surface area contributed by atoms with E-state index in [1.165, 1.54) is 7.05 Å². The largest absolute Gasteiger partial charge is 0.500 e. The van der Waals surface area contributed by atoms with E-state index >= 15 is 0 Å². The molecule has 0 fully saturated rings. The van der Waals surface area contributed by atoms with Gasteiger partial charge in [-0.25, -0.2) is 9.59 Å². The van der Waals surface area contributed by atoms with E-state index in [0.29, 0.717) is 38.8 Å². The van der Waals surface area contributed by atoms with Gasteiger partial charge in [0.1, 0.15) is 0 Å². The van der Waals surface area contributed by atoms with Crippen LogP contribution in [0.15, 0.2) is 0 Å². The van der Waals surface area contributed by atoms with Crippen molar-refractivity contribution in [3.8, 4) is 0 Å². The van der Waals surface area contributed by atoms with Crippen LogP contribution in [0.25, 0.3) is 0 Å². The molecule has 154 valence electrons. The number of rotatable bonds is 14. The Bertz CT molecular complexity index is 382. The van der Waals surface area contributed by atoms with E-state index in [0.717, 1.165) is 0 Å². The minimum Gasteiger partial charge on any atom is -0.449 e. The first kappa shape index (κ1) is 24.6. The predicted octanol–water partition coefficient (Wildman–Crippen LogP) is 2.14. The highest BCUT2D eigenvalue weighted by molar-refractivity contribution is 6.60. The van der Waals surface area contributed by atoms with Crippen LogP contribution in [0.3, 0.4) is 0 Å². The summed E-state index contributed by atoms with van der Waals surface area (Å²) in [5, 5.41) is 5.04. The Balaban J connectivity index is 4.05. The topological polar surface area (TPSA) is 104 Å². The van der Waals surface area contributed by atoms with Gasteiger partial charge in [-0.05, 0) is 27.2 Å². The fourth-order valence-electron chi connectivity index (χ4n) is 2.10. The van der Waals surface area contributed by atoms with E-state index in [-0.39, 0.29) is 19.1 Å². The second-order valence-electron chi connectivity index (χ2n) is 5.56. The Morgan fingerprint density at radius 3 is 1.88 bits per heavy atom. The molecule has 0 saturated carbocycles. The number of hydrogen-bond acceptors (Lipinski definition) is 7. The van der Waals surface area contributed by atoms with Crippen molar-refractivity contribution in [2.75, 3.05) is 46.6 Å². The number of alkyl carbamates (subject to hydrolysis) is 2. The van der Waals surface area contributed by atoms with Crippen molar-refractivity contribution in [3.05, 3.63) is 0 Å². The van der Waals surface area contributed by atoms with Crippen LogP contribution in [0, 0.1) is 5.92 Å². The first-order valence-electron chi connectivity index (χ1n) is 9.09. The van der Waals surface area contributed by atoms with Crippen molar-refractivity contribution in [2.45, 2.75) is 40.2 Å². The molecule has 0 heterocycles. The van der Waals surface area contributed by atoms with Crippen LogP contribution in [0.5, 0.6) is 0 Å². The molecule has 0 aromatic carbocycles. The van der Waals surface area contributed by atoms with Crippen LogP contribution < -0.4 is 10.6 Å². The normalized spacial score (nSPS) is 12.3. The Morgan fingerprint density at radius 2 is 1.42 bits per heavy atom. The van der Waals surface area contributed by atoms with Crippen LogP contribution in [-0.4, -0.2) is 67.6 Å². The van der Waals surface area contributed by atoms with E-state index in [1.807, 2.05) is 27.7 Å². The van der Waals surface area contributed by atoms with Crippen molar-refractivity contribution >= 4 is 21.0 Å². The highest BCUT2D eigenvalue weighted by Gasteiger charge is 2.39. The fraction of sp³-hybridized carbons (Fsp3) is 0.875. The lowest BCUT2D eigenvalue weighted by molar-refractivity contribution is 0.0703. The van der Waals surface area contributed by atoms with Gasteiger partial charge in [0.25, 0.3) is 0 Å². The molecule has 0 radical (unpaired) electrons. The third-order valence-electron chi connectivity index (χ3n) is 3.22. The number of carbonyl (C=O) groups is 2. The van der Waals surface area contributed by atoms with Gasteiger partial charge in [0.05, 0.1) is 13.2 Å². The van der Waals surface area contributed by atoms with Crippen LogP contribution in [0.2, 0.25) is 6.04 Å². The molecule has 0 aliphatic carbocycles. The minimum absolute atomic E-state index is 0.0908. The van der Waals surface area contributed by atoms with Crippen LogP contribution in [-0.2, 0) is 22.8 Å². The van der Waals surface area contributed by atoms with Crippen molar-refractivity contribution in [1.29, 1.82) is 0 Å². The Kier molecular flexibility index (Phi) is 14.0. The molecule has 0 aromatic rings. The smallest absolute Gasteiger partial charge is 0.449 e. The summed E-state index contributed by atoms with van der Waals surface area (Å²) < 4.78 is 27.3. The van der Waals surface area contributed by atoms with E-state index in [9.17, 15) is 9.59 Å². The number of amides is 2. The average molecular weight is 395 g/mol. The summed E-state index contributed by atoms with van der Waals surface area (Å²) in [6, 6.07) is 0.624. The van der Waals surface area contributed by atoms with Gasteiger partial charge in [0, 0.05) is 45.4 Å². The van der Waals surface area contributed by atoms with Gasteiger partial charge in [-0.15, -0.1) is 0 Å². The van der Waals surface area contributed by atoms with Gasteiger partial charge in [-0.3, -0.25) is 0 Å². The molecule has 2 amide bonds. The van der Waals surface area contributed by atoms with E-state index < -0.39 is 21.0 Å². The average Bonchev–Trinajstić information content (AvgIpc) is 2.62. The lowest BCUT2D eigenvalue weighted by atomic mass is 10.2. The van der Waals surface area contributed by atoms with Gasteiger partial charge < -0.3 is 33.4 Å². The number of ether oxygens (including phenoxy) is 2. The molecule has 26 heavy (non-hydrogen) atoms. The number of carbonyl (C=O) groups excluding carboxylic acids is 2. The van der Waals surface area contributed by atoms with E-state index in [1.54, 1.807) is 0 Å². The molecule has 0 aliphatic heterocycles. The predicted molar refractivity (Wildman–Crippen MR) is 99.0 cm³/mol. The second kappa shape index (κ2) is 14.8. The third-order valence-corrected chi connectivity index (χ3v) is 6.38. The highest BCUT2D eigenvalue weighted by Crippen LogP contribution is 2.17. The van der Waals surface area contributed by atoms with Gasteiger partial charge in [0.15, 0.2) is 0 Å². The standard InChI is InChI=1S/C16H34N2O7Si/c1-6-23-26(24-7-2,25-8-3)11-9-10-18-16(20)22-13-14(4)12-21-15(19)17-5/h14H,6-13H2,1-5H3,(H,17,19)(H,18,20). The summed E-state index contributed by atoms with van der Waals surface area (Å²) >= 11 is 0. The van der Waals surface area contributed by atoms with Crippen LogP contribution in [0.1, 0.15) is 34.1 Å². The summed E-state index contributed by atoms with van der Waals surface area (Å²) in [4.78, 5) is 22.7. The maximum Gasteiger partial charge on any atom is 0.500 e. The minimum atomic E-state index is -2.68. The third kappa shape index (κ3) is 11.3. The summed E-state index contributed by atoms with van der Waals surface area (Å²) in [5.41, 5.74) is 0.